The molecule has 0 radical (unpaired) electrons. The third-order valence-electron chi connectivity index (χ3n) is 6.00. The van der Waals surface area contributed by atoms with Crippen LogP contribution in [0.5, 0.6) is 5.75 Å². The van der Waals surface area contributed by atoms with Crippen LogP contribution in [0.15, 0.2) is 101 Å². The Bertz CT molecular complexity index is 1890. The van der Waals surface area contributed by atoms with E-state index in [2.05, 4.69) is 10.0 Å². The summed E-state index contributed by atoms with van der Waals surface area (Å²) < 4.78 is 100. The minimum absolute atomic E-state index is 0.115. The van der Waals surface area contributed by atoms with Crippen molar-refractivity contribution < 1.29 is 39.5 Å². The smallest absolute Gasteiger partial charge is 0.417 e. The summed E-state index contributed by atoms with van der Waals surface area (Å²) in [5.74, 6) is -0.340. The highest BCUT2D eigenvalue weighted by molar-refractivity contribution is 7.93. The standard InChI is InChI=1S/C28H22Cl2F3N3O6S2/c1-42-22-8-12-24(13-9-22)44(40,41)36(21-4-2-3-18(29)15-21)17-27(37)34-19-5-10-23(11-6-19)43(38,39)35-20-7-14-26(30)25(16-20)28(31,32)33/h2-16,35H,17H2,1H3,(H,34,37). The molecule has 0 spiro atoms. The summed E-state index contributed by atoms with van der Waals surface area (Å²) in [5.41, 5.74) is -1.34. The molecule has 0 unspecified atom stereocenters. The SMILES string of the molecule is COc1ccc(S(=O)(=O)N(CC(=O)Nc2ccc(S(=O)(=O)Nc3ccc(Cl)c(C(F)(F)F)c3)cc2)c2cccc(Cl)c2)cc1. The lowest BCUT2D eigenvalue weighted by molar-refractivity contribution is -0.137. The summed E-state index contributed by atoms with van der Waals surface area (Å²) in [6.07, 6.45) is -4.80. The van der Waals surface area contributed by atoms with Crippen molar-refractivity contribution in [3.63, 3.8) is 0 Å². The molecule has 2 N–H and O–H groups in total. The van der Waals surface area contributed by atoms with Crippen LogP contribution in [0.25, 0.3) is 0 Å². The van der Waals surface area contributed by atoms with Gasteiger partial charge in [-0.15, -0.1) is 0 Å². The first-order valence-electron chi connectivity index (χ1n) is 12.3. The van der Waals surface area contributed by atoms with Crippen molar-refractivity contribution >= 4 is 66.2 Å². The Morgan fingerprint density at radius 1 is 0.841 bits per heavy atom. The van der Waals surface area contributed by atoms with Gasteiger partial charge >= 0.3 is 6.18 Å². The monoisotopic (exact) mass is 687 g/mol. The molecule has 232 valence electrons. The van der Waals surface area contributed by atoms with Gasteiger partial charge in [0.25, 0.3) is 20.0 Å². The minimum atomic E-state index is -4.80. The number of nitrogens with one attached hydrogen (secondary N) is 2. The number of amides is 1. The Hall–Kier alpha value is -3.98. The molecule has 9 nitrogen and oxygen atoms in total. The Kier molecular flexibility index (Phi) is 9.68. The van der Waals surface area contributed by atoms with Crippen LogP contribution < -0.4 is 19.1 Å². The lowest BCUT2D eigenvalue weighted by Crippen LogP contribution is -2.38. The molecular weight excluding hydrogens is 666 g/mol. The Morgan fingerprint density at radius 2 is 1.45 bits per heavy atom. The van der Waals surface area contributed by atoms with Gasteiger partial charge in [-0.2, -0.15) is 13.2 Å². The van der Waals surface area contributed by atoms with Gasteiger partial charge in [0.2, 0.25) is 5.91 Å². The molecule has 0 aliphatic rings. The molecule has 16 heteroatoms. The molecule has 1 amide bonds. The summed E-state index contributed by atoms with van der Waals surface area (Å²) in [7, 11) is -7.16. The summed E-state index contributed by atoms with van der Waals surface area (Å²) in [6.45, 7) is -0.672. The summed E-state index contributed by atoms with van der Waals surface area (Å²) in [6, 6.07) is 18.7. The Balaban J connectivity index is 1.53. The fraction of sp³-hybridized carbons (Fsp3) is 0.107. The molecule has 0 saturated heterocycles. The first kappa shape index (κ1) is 32.9. The maximum absolute atomic E-state index is 13.5. The van der Waals surface area contributed by atoms with Gasteiger partial charge in [-0.25, -0.2) is 16.8 Å². The highest BCUT2D eigenvalue weighted by Crippen LogP contribution is 2.36. The summed E-state index contributed by atoms with van der Waals surface area (Å²) >= 11 is 11.7. The second-order valence-corrected chi connectivity index (χ2v) is 13.4. The normalized spacial score (nSPS) is 12.0. The van der Waals surface area contributed by atoms with E-state index in [-0.39, 0.29) is 31.9 Å². The van der Waals surface area contributed by atoms with E-state index >= 15 is 0 Å². The number of anilines is 3. The van der Waals surface area contributed by atoms with Gasteiger partial charge in [-0.1, -0.05) is 29.3 Å². The van der Waals surface area contributed by atoms with Crippen molar-refractivity contribution in [1.29, 1.82) is 0 Å². The lowest BCUT2D eigenvalue weighted by Gasteiger charge is -2.24. The van der Waals surface area contributed by atoms with Crippen LogP contribution in [0.2, 0.25) is 10.0 Å². The van der Waals surface area contributed by atoms with Crippen molar-refractivity contribution in [2.24, 2.45) is 0 Å². The lowest BCUT2D eigenvalue weighted by atomic mass is 10.2. The van der Waals surface area contributed by atoms with Crippen molar-refractivity contribution in [2.75, 3.05) is 28.0 Å². The van der Waals surface area contributed by atoms with E-state index in [1.807, 2.05) is 0 Å². The molecule has 4 aromatic carbocycles. The first-order chi connectivity index (χ1) is 20.6. The summed E-state index contributed by atoms with van der Waals surface area (Å²) in [4.78, 5) is 12.6. The quantitative estimate of drug-likeness (QED) is 0.192. The molecule has 0 aliphatic heterocycles. The van der Waals surface area contributed by atoms with Crippen LogP contribution in [0.1, 0.15) is 5.56 Å². The van der Waals surface area contributed by atoms with Crippen molar-refractivity contribution in [2.45, 2.75) is 16.0 Å². The van der Waals surface area contributed by atoms with Gasteiger partial charge in [0.1, 0.15) is 12.3 Å². The molecular formula is C28H22Cl2F3N3O6S2. The number of carbonyl (C=O) groups excluding carboxylic acids is 1. The molecule has 0 heterocycles. The third kappa shape index (κ3) is 7.75. The second kappa shape index (κ2) is 12.9. The van der Waals surface area contributed by atoms with Gasteiger partial charge in [-0.3, -0.25) is 13.8 Å². The molecule has 0 aromatic heterocycles. The fourth-order valence-corrected chi connectivity index (χ4v) is 6.76. The van der Waals surface area contributed by atoms with E-state index in [1.165, 1.54) is 67.8 Å². The number of nitrogens with zero attached hydrogens (tertiary/aromatic N) is 1. The highest BCUT2D eigenvalue weighted by Gasteiger charge is 2.34. The number of methoxy groups -OCH3 is 1. The van der Waals surface area contributed by atoms with E-state index in [4.69, 9.17) is 27.9 Å². The predicted molar refractivity (Wildman–Crippen MR) is 161 cm³/mol. The van der Waals surface area contributed by atoms with Gasteiger partial charge in [0.05, 0.1) is 33.2 Å². The maximum atomic E-state index is 13.5. The largest absolute Gasteiger partial charge is 0.497 e. The number of alkyl halides is 3. The molecule has 0 aliphatic carbocycles. The second-order valence-electron chi connectivity index (χ2n) is 9.04. The number of ether oxygens (including phenoxy) is 1. The van der Waals surface area contributed by atoms with Gasteiger partial charge < -0.3 is 10.1 Å². The number of halogens is 5. The van der Waals surface area contributed by atoms with E-state index in [1.54, 1.807) is 0 Å². The fourth-order valence-electron chi connectivity index (χ4n) is 3.89. The summed E-state index contributed by atoms with van der Waals surface area (Å²) in [5, 5.41) is 2.15. The minimum Gasteiger partial charge on any atom is -0.497 e. The average Bonchev–Trinajstić information content (AvgIpc) is 2.96. The van der Waals surface area contributed by atoms with Gasteiger partial charge in [0.15, 0.2) is 0 Å². The van der Waals surface area contributed by atoms with Crippen molar-refractivity contribution in [3.8, 4) is 5.75 Å². The zero-order chi connectivity index (χ0) is 32.3. The number of carbonyl (C=O) groups is 1. The van der Waals surface area contributed by atoms with E-state index in [9.17, 15) is 34.8 Å². The van der Waals surface area contributed by atoms with E-state index in [0.29, 0.717) is 11.8 Å². The topological polar surface area (TPSA) is 122 Å². The molecule has 4 rings (SSSR count). The third-order valence-corrected chi connectivity index (χ3v) is 9.75. The van der Waals surface area contributed by atoms with Gasteiger partial charge in [0, 0.05) is 16.4 Å². The average molecular weight is 689 g/mol. The molecule has 0 bridgehead atoms. The predicted octanol–water partition coefficient (Wildman–Crippen LogP) is 6.66. The van der Waals surface area contributed by atoms with Gasteiger partial charge in [-0.05, 0) is 84.9 Å². The van der Waals surface area contributed by atoms with Crippen LogP contribution >= 0.6 is 23.2 Å². The van der Waals surface area contributed by atoms with Crippen LogP contribution in [0.3, 0.4) is 0 Å². The number of hydrogen-bond donors (Lipinski definition) is 2. The molecule has 4 aromatic rings. The molecule has 44 heavy (non-hydrogen) atoms. The van der Waals surface area contributed by atoms with E-state index in [0.717, 1.165) is 28.6 Å². The number of hydrogen-bond acceptors (Lipinski definition) is 6. The van der Waals surface area contributed by atoms with Crippen LogP contribution in [0.4, 0.5) is 30.2 Å². The number of rotatable bonds is 10. The van der Waals surface area contributed by atoms with Crippen molar-refractivity contribution in [1.82, 2.24) is 0 Å². The van der Waals surface area contributed by atoms with Crippen molar-refractivity contribution in [3.05, 3.63) is 107 Å². The molecule has 0 atom stereocenters. The molecule has 0 saturated carbocycles. The zero-order valence-corrected chi connectivity index (χ0v) is 25.6. The Labute approximate surface area is 261 Å². The Morgan fingerprint density at radius 3 is 2.05 bits per heavy atom. The van der Waals surface area contributed by atoms with Crippen LogP contribution in [-0.4, -0.2) is 36.4 Å². The number of benzene rings is 4. The van der Waals surface area contributed by atoms with Crippen LogP contribution in [-0.2, 0) is 31.0 Å². The number of sulfonamides is 2. The molecule has 0 fully saturated rings. The van der Waals surface area contributed by atoms with E-state index < -0.39 is 49.3 Å². The first-order valence-corrected chi connectivity index (χ1v) is 16.0. The van der Waals surface area contributed by atoms with Crippen LogP contribution in [0, 0.1) is 0 Å². The maximum Gasteiger partial charge on any atom is 0.417 e. The zero-order valence-electron chi connectivity index (χ0n) is 22.5. The highest BCUT2D eigenvalue weighted by atomic mass is 35.5.